The molecule has 1 aliphatic rings. The average molecular weight is 315 g/mol. The molecule has 4 rings (SSSR count). The van der Waals surface area contributed by atoms with Crippen molar-refractivity contribution in [3.8, 4) is 0 Å². The second-order valence-electron chi connectivity index (χ2n) is 5.72. The summed E-state index contributed by atoms with van der Waals surface area (Å²) in [4.78, 5) is 0.355. The first-order chi connectivity index (χ1) is 10.7. The Hall–Kier alpha value is -1.85. The van der Waals surface area contributed by atoms with Crippen molar-refractivity contribution < 1.29 is 12.8 Å². The molecule has 1 aliphatic heterocycles. The number of para-hydroxylation sites is 1. The molecule has 0 N–H and O–H groups in total. The lowest BCUT2D eigenvalue weighted by Crippen LogP contribution is -2.35. The average Bonchev–Trinajstić information content (AvgIpc) is 2.93. The topological polar surface area (TPSA) is 50.5 Å². The molecule has 2 heterocycles. The Morgan fingerprint density at radius 3 is 2.41 bits per heavy atom. The van der Waals surface area contributed by atoms with Crippen LogP contribution in [0.5, 0.6) is 0 Å². The number of piperidine rings is 1. The van der Waals surface area contributed by atoms with Gasteiger partial charge in [-0.2, -0.15) is 4.31 Å². The predicted molar refractivity (Wildman–Crippen MR) is 86.3 cm³/mol. The van der Waals surface area contributed by atoms with Gasteiger partial charge in [-0.3, -0.25) is 0 Å². The van der Waals surface area contributed by atoms with Gasteiger partial charge in [-0.1, -0.05) is 24.6 Å². The maximum Gasteiger partial charge on any atom is 0.243 e. The van der Waals surface area contributed by atoms with Crippen molar-refractivity contribution in [2.45, 2.75) is 24.2 Å². The molecule has 0 aliphatic carbocycles. The van der Waals surface area contributed by atoms with Gasteiger partial charge in [0.25, 0.3) is 0 Å². The van der Waals surface area contributed by atoms with Gasteiger partial charge in [0.05, 0.1) is 4.90 Å². The molecular formula is C17H17NO3S. The molecule has 1 aromatic heterocycles. The maximum absolute atomic E-state index is 12.8. The molecule has 0 radical (unpaired) electrons. The lowest BCUT2D eigenvalue weighted by molar-refractivity contribution is 0.346. The third kappa shape index (κ3) is 2.12. The zero-order chi connectivity index (χ0) is 15.2. The summed E-state index contributed by atoms with van der Waals surface area (Å²) in [6.45, 7) is 1.24. The van der Waals surface area contributed by atoms with Crippen molar-refractivity contribution in [2.75, 3.05) is 13.1 Å². The summed E-state index contributed by atoms with van der Waals surface area (Å²) in [5, 5.41) is 1.81. The quantitative estimate of drug-likeness (QED) is 0.723. The van der Waals surface area contributed by atoms with Crippen molar-refractivity contribution in [1.82, 2.24) is 4.31 Å². The molecule has 2 aromatic carbocycles. The first-order valence-corrected chi connectivity index (χ1v) is 9.02. The van der Waals surface area contributed by atoms with Crippen molar-refractivity contribution in [2.24, 2.45) is 0 Å². The van der Waals surface area contributed by atoms with Crippen LogP contribution in [0.25, 0.3) is 21.9 Å². The fourth-order valence-electron chi connectivity index (χ4n) is 3.12. The smallest absolute Gasteiger partial charge is 0.243 e. The van der Waals surface area contributed by atoms with Crippen LogP contribution < -0.4 is 0 Å². The standard InChI is InChI=1S/C17H17NO3S/c19-22(20,18-10-4-1-5-11-18)13-8-9-17-15(12-13)14-6-2-3-7-16(14)21-17/h2-3,6-9,12H,1,4-5,10-11H2. The molecule has 5 heteroatoms. The molecule has 1 saturated heterocycles. The van der Waals surface area contributed by atoms with E-state index in [2.05, 4.69) is 0 Å². The molecule has 1 fully saturated rings. The van der Waals surface area contributed by atoms with Crippen molar-refractivity contribution >= 4 is 32.0 Å². The minimum absolute atomic E-state index is 0.355. The number of rotatable bonds is 2. The number of sulfonamides is 1. The van der Waals surface area contributed by atoms with Gasteiger partial charge in [0.2, 0.25) is 10.0 Å². The van der Waals surface area contributed by atoms with Crippen LogP contribution in [0.15, 0.2) is 51.8 Å². The molecule has 0 atom stereocenters. The number of nitrogens with zero attached hydrogens (tertiary/aromatic N) is 1. The Balaban J connectivity index is 1.86. The first kappa shape index (κ1) is 13.8. The molecular weight excluding hydrogens is 298 g/mol. The van der Waals surface area contributed by atoms with Gasteiger partial charge >= 0.3 is 0 Å². The van der Waals surface area contributed by atoms with Crippen LogP contribution in [-0.2, 0) is 10.0 Å². The second-order valence-corrected chi connectivity index (χ2v) is 7.66. The Morgan fingerprint density at radius 2 is 1.59 bits per heavy atom. The first-order valence-electron chi connectivity index (χ1n) is 7.58. The van der Waals surface area contributed by atoms with E-state index in [1.54, 1.807) is 22.5 Å². The van der Waals surface area contributed by atoms with Gasteiger partial charge in [-0.15, -0.1) is 0 Å². The van der Waals surface area contributed by atoms with Gasteiger partial charge in [-0.25, -0.2) is 8.42 Å². The van der Waals surface area contributed by atoms with E-state index in [1.807, 2.05) is 24.3 Å². The molecule has 0 unspecified atom stereocenters. The van der Waals surface area contributed by atoms with Gasteiger partial charge in [0, 0.05) is 23.9 Å². The highest BCUT2D eigenvalue weighted by molar-refractivity contribution is 7.89. The Morgan fingerprint density at radius 1 is 0.864 bits per heavy atom. The van der Waals surface area contributed by atoms with Crippen molar-refractivity contribution in [1.29, 1.82) is 0 Å². The van der Waals surface area contributed by atoms with Crippen molar-refractivity contribution in [3.63, 3.8) is 0 Å². The van der Waals surface area contributed by atoms with Gasteiger partial charge in [-0.05, 0) is 37.1 Å². The number of furan rings is 1. The molecule has 22 heavy (non-hydrogen) atoms. The van der Waals surface area contributed by atoms with Crippen LogP contribution >= 0.6 is 0 Å². The molecule has 0 spiro atoms. The highest BCUT2D eigenvalue weighted by Crippen LogP contribution is 2.31. The molecule has 0 amide bonds. The van der Waals surface area contributed by atoms with Crippen molar-refractivity contribution in [3.05, 3.63) is 42.5 Å². The third-order valence-corrected chi connectivity index (χ3v) is 6.20. The molecule has 3 aromatic rings. The largest absolute Gasteiger partial charge is 0.456 e. The number of hydrogen-bond acceptors (Lipinski definition) is 3. The summed E-state index contributed by atoms with van der Waals surface area (Å²) in [6.07, 6.45) is 2.99. The van der Waals surface area contributed by atoms with E-state index < -0.39 is 10.0 Å². The zero-order valence-electron chi connectivity index (χ0n) is 12.2. The summed E-state index contributed by atoms with van der Waals surface area (Å²) < 4.78 is 32.9. The Kier molecular flexibility index (Phi) is 3.20. The van der Waals surface area contributed by atoms with Gasteiger partial charge < -0.3 is 4.42 Å². The third-order valence-electron chi connectivity index (χ3n) is 4.30. The number of hydrogen-bond donors (Lipinski definition) is 0. The fourth-order valence-corrected chi connectivity index (χ4v) is 4.66. The summed E-state index contributed by atoms with van der Waals surface area (Å²) in [5.41, 5.74) is 1.50. The van der Waals surface area contributed by atoms with E-state index in [-0.39, 0.29) is 0 Å². The van der Waals surface area contributed by atoms with E-state index in [0.29, 0.717) is 18.0 Å². The minimum Gasteiger partial charge on any atom is -0.456 e. The summed E-state index contributed by atoms with van der Waals surface area (Å²) in [6, 6.07) is 12.8. The Labute approximate surface area is 129 Å². The lowest BCUT2D eigenvalue weighted by atomic mass is 10.1. The fraction of sp³-hybridized carbons (Fsp3) is 0.294. The minimum atomic E-state index is -3.41. The SMILES string of the molecule is O=S(=O)(c1ccc2oc3ccccc3c2c1)N1CCCCC1. The summed E-state index contributed by atoms with van der Waals surface area (Å²) in [5.74, 6) is 0. The van der Waals surface area contributed by atoms with Crippen LogP contribution in [0.3, 0.4) is 0 Å². The van der Waals surface area contributed by atoms with Crippen LogP contribution in [0.2, 0.25) is 0 Å². The maximum atomic E-state index is 12.8. The molecule has 4 nitrogen and oxygen atoms in total. The van der Waals surface area contributed by atoms with Crippen LogP contribution in [0.1, 0.15) is 19.3 Å². The van der Waals surface area contributed by atoms with Crippen LogP contribution in [-0.4, -0.2) is 25.8 Å². The highest BCUT2D eigenvalue weighted by atomic mass is 32.2. The van der Waals surface area contributed by atoms with E-state index in [4.69, 9.17) is 4.42 Å². The normalized spacial score (nSPS) is 17.3. The van der Waals surface area contributed by atoms with E-state index in [9.17, 15) is 8.42 Å². The second kappa shape index (κ2) is 5.11. The summed E-state index contributed by atoms with van der Waals surface area (Å²) in [7, 11) is -3.41. The van der Waals surface area contributed by atoms with Gasteiger partial charge in [0.1, 0.15) is 11.2 Å². The van der Waals surface area contributed by atoms with Crippen LogP contribution in [0.4, 0.5) is 0 Å². The predicted octanol–water partition coefficient (Wildman–Crippen LogP) is 3.76. The van der Waals surface area contributed by atoms with E-state index >= 15 is 0 Å². The van der Waals surface area contributed by atoms with Gasteiger partial charge in [0.15, 0.2) is 0 Å². The Bertz CT molecular complexity index is 937. The van der Waals surface area contributed by atoms with E-state index in [1.165, 1.54) is 0 Å². The lowest BCUT2D eigenvalue weighted by Gasteiger charge is -2.25. The molecule has 0 bridgehead atoms. The monoisotopic (exact) mass is 315 g/mol. The molecule has 0 saturated carbocycles. The zero-order valence-corrected chi connectivity index (χ0v) is 13.0. The van der Waals surface area contributed by atoms with Crippen LogP contribution in [0, 0.1) is 0 Å². The number of fused-ring (bicyclic) bond motifs is 3. The highest BCUT2D eigenvalue weighted by Gasteiger charge is 2.26. The molecule has 114 valence electrons. The van der Waals surface area contributed by atoms with E-state index in [0.717, 1.165) is 41.2 Å². The number of benzene rings is 2. The summed E-state index contributed by atoms with van der Waals surface area (Å²) >= 11 is 0.